The first-order valence-electron chi connectivity index (χ1n) is 6.10. The van der Waals surface area contributed by atoms with Gasteiger partial charge in [-0.2, -0.15) is 0 Å². The van der Waals surface area contributed by atoms with Crippen LogP contribution < -0.4 is 0 Å². The van der Waals surface area contributed by atoms with Gasteiger partial charge in [-0.1, -0.05) is 6.08 Å². The van der Waals surface area contributed by atoms with Gasteiger partial charge in [0.25, 0.3) is 5.97 Å². The highest BCUT2D eigenvalue weighted by atomic mass is 28.4. The molecule has 0 bridgehead atoms. The molecular weight excluding hydrogens is 264 g/mol. The second-order valence-corrected chi connectivity index (χ2v) is 15.4. The van der Waals surface area contributed by atoms with E-state index in [2.05, 4.69) is 45.9 Å². The summed E-state index contributed by atoms with van der Waals surface area (Å²) < 4.78 is 18.0. The van der Waals surface area contributed by atoms with E-state index in [0.29, 0.717) is 10.5 Å². The minimum atomic E-state index is -1.70. The Labute approximate surface area is 111 Å². The Hall–Kier alpha value is 0.271. The van der Waals surface area contributed by atoms with Gasteiger partial charge in [0, 0.05) is 6.42 Å². The van der Waals surface area contributed by atoms with Crippen molar-refractivity contribution in [2.24, 2.45) is 0 Å². The van der Waals surface area contributed by atoms with Crippen LogP contribution in [0.3, 0.4) is 0 Å². The fraction of sp³-hybridized carbons (Fsp3) is 0.818. The Bertz CT molecular complexity index is 227. The first-order chi connectivity index (χ1) is 7.54. The summed E-state index contributed by atoms with van der Waals surface area (Å²) in [5.41, 5.74) is 0. The molecular formula is C11H28O3Si3. The third-order valence-electron chi connectivity index (χ3n) is 1.89. The maximum absolute atomic E-state index is 6.17. The average Bonchev–Trinajstić information content (AvgIpc) is 2.09. The van der Waals surface area contributed by atoms with Crippen molar-refractivity contribution in [1.29, 1.82) is 0 Å². The van der Waals surface area contributed by atoms with Gasteiger partial charge < -0.3 is 13.3 Å². The maximum atomic E-state index is 6.17. The van der Waals surface area contributed by atoms with E-state index >= 15 is 0 Å². The van der Waals surface area contributed by atoms with Gasteiger partial charge in [0.1, 0.15) is 0 Å². The minimum Gasteiger partial charge on any atom is -0.382 e. The lowest BCUT2D eigenvalue weighted by molar-refractivity contribution is -0.266. The number of hydrogen-bond donors (Lipinski definition) is 0. The molecule has 0 aliphatic heterocycles. The van der Waals surface area contributed by atoms with Crippen LogP contribution in [0.15, 0.2) is 12.7 Å². The second kappa shape index (κ2) is 6.44. The van der Waals surface area contributed by atoms with Gasteiger partial charge in [0.15, 0.2) is 27.1 Å². The van der Waals surface area contributed by atoms with Crippen LogP contribution in [0.2, 0.25) is 39.3 Å². The fourth-order valence-corrected chi connectivity index (χ4v) is 4.63. The van der Waals surface area contributed by atoms with Crippen molar-refractivity contribution in [2.45, 2.75) is 58.1 Å². The first-order valence-corrected chi connectivity index (χ1v) is 13.7. The topological polar surface area (TPSA) is 27.7 Å². The summed E-state index contributed by atoms with van der Waals surface area (Å²) in [5.74, 6) is -0.824. The van der Waals surface area contributed by atoms with E-state index in [-0.39, 0.29) is 0 Å². The van der Waals surface area contributed by atoms with Crippen LogP contribution in [0.5, 0.6) is 0 Å². The molecule has 0 fully saturated rings. The summed E-state index contributed by atoms with van der Waals surface area (Å²) in [6, 6.07) is 0. The van der Waals surface area contributed by atoms with Gasteiger partial charge in [-0.15, -0.1) is 6.58 Å². The summed E-state index contributed by atoms with van der Waals surface area (Å²) in [5, 5.41) is 0. The SMILES string of the molecule is C=CCCC(O[SiH3])(O[Si](C)(C)C)O[Si](C)(C)C. The largest absolute Gasteiger partial charge is 0.382 e. The Morgan fingerprint density at radius 3 is 1.71 bits per heavy atom. The molecule has 0 spiro atoms. The first kappa shape index (κ1) is 17.3. The van der Waals surface area contributed by atoms with Gasteiger partial charge in [0.05, 0.1) is 0 Å². The Morgan fingerprint density at radius 1 is 1.06 bits per heavy atom. The van der Waals surface area contributed by atoms with E-state index in [4.69, 9.17) is 13.3 Å². The Balaban J connectivity index is 4.93. The lowest BCUT2D eigenvalue weighted by Gasteiger charge is -2.41. The van der Waals surface area contributed by atoms with Crippen molar-refractivity contribution in [3.8, 4) is 0 Å². The van der Waals surface area contributed by atoms with Crippen molar-refractivity contribution in [1.82, 2.24) is 0 Å². The predicted molar refractivity (Wildman–Crippen MR) is 82.0 cm³/mol. The lowest BCUT2D eigenvalue weighted by atomic mass is 10.3. The number of allylic oxidation sites excluding steroid dienone is 1. The highest BCUT2D eigenvalue weighted by Crippen LogP contribution is 2.29. The molecule has 0 heterocycles. The molecule has 0 aromatic carbocycles. The molecule has 0 N–H and O–H groups in total. The van der Waals surface area contributed by atoms with Crippen LogP contribution in [0.4, 0.5) is 0 Å². The fourth-order valence-electron chi connectivity index (χ4n) is 1.52. The summed E-state index contributed by atoms with van der Waals surface area (Å²) in [6.07, 6.45) is 3.46. The van der Waals surface area contributed by atoms with E-state index in [0.717, 1.165) is 12.8 Å². The van der Waals surface area contributed by atoms with E-state index in [1.807, 2.05) is 6.08 Å². The molecule has 0 aliphatic carbocycles. The highest BCUT2D eigenvalue weighted by molar-refractivity contribution is 6.71. The third-order valence-corrected chi connectivity index (χ3v) is 4.36. The van der Waals surface area contributed by atoms with E-state index in [1.165, 1.54) is 0 Å². The van der Waals surface area contributed by atoms with Crippen molar-refractivity contribution < 1.29 is 13.3 Å². The Kier molecular flexibility index (Phi) is 6.54. The predicted octanol–water partition coefficient (Wildman–Crippen LogP) is 2.61. The van der Waals surface area contributed by atoms with Crippen LogP contribution in [-0.2, 0) is 13.3 Å². The van der Waals surface area contributed by atoms with Gasteiger partial charge in [-0.05, 0) is 45.7 Å². The van der Waals surface area contributed by atoms with Crippen LogP contribution in [0.1, 0.15) is 12.8 Å². The lowest BCUT2D eigenvalue weighted by Crippen LogP contribution is -2.51. The quantitative estimate of drug-likeness (QED) is 0.391. The van der Waals surface area contributed by atoms with Crippen molar-refractivity contribution in [2.75, 3.05) is 0 Å². The molecule has 0 aliphatic rings. The normalized spacial score (nSPS) is 14.0. The van der Waals surface area contributed by atoms with Crippen LogP contribution in [0, 0.1) is 0 Å². The molecule has 6 heteroatoms. The van der Waals surface area contributed by atoms with Crippen molar-refractivity contribution >= 4 is 27.1 Å². The standard InChI is InChI=1S/C11H28O3Si3/c1-8-9-10-11(12-15,13-16(2,3)4)14-17(5,6)7/h8H,1,9-10H2,2-7,15H3. The smallest absolute Gasteiger partial charge is 0.253 e. The number of hydrogen-bond acceptors (Lipinski definition) is 3. The van der Waals surface area contributed by atoms with Crippen molar-refractivity contribution in [3.05, 3.63) is 12.7 Å². The van der Waals surface area contributed by atoms with Crippen LogP contribution in [0.25, 0.3) is 0 Å². The summed E-state index contributed by atoms with van der Waals surface area (Å²) in [6.45, 7) is 16.7. The zero-order valence-corrected chi connectivity index (χ0v) is 16.4. The molecule has 0 rings (SSSR count). The zero-order valence-electron chi connectivity index (χ0n) is 12.4. The molecule has 0 saturated heterocycles. The monoisotopic (exact) mass is 292 g/mol. The van der Waals surface area contributed by atoms with Gasteiger partial charge in [0.2, 0.25) is 0 Å². The molecule has 0 saturated carbocycles. The Morgan fingerprint density at radius 2 is 1.47 bits per heavy atom. The summed E-state index contributed by atoms with van der Waals surface area (Å²) >= 11 is 0. The van der Waals surface area contributed by atoms with Crippen molar-refractivity contribution in [3.63, 3.8) is 0 Å². The van der Waals surface area contributed by atoms with Crippen LogP contribution in [-0.4, -0.2) is 33.1 Å². The van der Waals surface area contributed by atoms with Gasteiger partial charge >= 0.3 is 0 Å². The summed E-state index contributed by atoms with van der Waals surface area (Å²) in [7, 11) is -2.80. The van der Waals surface area contributed by atoms with Gasteiger partial charge in [-0.3, -0.25) is 0 Å². The molecule has 0 radical (unpaired) electrons. The second-order valence-electron chi connectivity index (χ2n) is 6.14. The third kappa shape index (κ3) is 8.06. The van der Waals surface area contributed by atoms with E-state index < -0.39 is 22.6 Å². The zero-order chi connectivity index (χ0) is 13.7. The number of rotatable bonds is 8. The summed E-state index contributed by atoms with van der Waals surface area (Å²) in [4.78, 5) is 0. The highest BCUT2D eigenvalue weighted by Gasteiger charge is 2.40. The molecule has 0 atom stereocenters. The molecule has 0 unspecified atom stereocenters. The maximum Gasteiger partial charge on any atom is 0.253 e. The van der Waals surface area contributed by atoms with E-state index in [9.17, 15) is 0 Å². The van der Waals surface area contributed by atoms with Crippen LogP contribution >= 0.6 is 0 Å². The van der Waals surface area contributed by atoms with E-state index in [1.54, 1.807) is 0 Å². The molecule has 102 valence electrons. The molecule has 17 heavy (non-hydrogen) atoms. The minimum absolute atomic E-state index is 0.610. The average molecular weight is 293 g/mol. The molecule has 0 aromatic rings. The molecule has 0 aromatic heterocycles. The molecule has 3 nitrogen and oxygen atoms in total. The molecule has 0 amide bonds. The van der Waals surface area contributed by atoms with Gasteiger partial charge in [-0.25, -0.2) is 0 Å².